The van der Waals surface area contributed by atoms with Gasteiger partial charge in [0.1, 0.15) is 5.82 Å². The van der Waals surface area contributed by atoms with Crippen molar-refractivity contribution in [2.75, 3.05) is 19.6 Å². The van der Waals surface area contributed by atoms with E-state index in [1.807, 2.05) is 11.0 Å². The van der Waals surface area contributed by atoms with Gasteiger partial charge >= 0.3 is 0 Å². The van der Waals surface area contributed by atoms with Gasteiger partial charge in [-0.05, 0) is 37.0 Å². The minimum absolute atomic E-state index is 0.0228. The molecule has 27 heavy (non-hydrogen) atoms. The van der Waals surface area contributed by atoms with Crippen LogP contribution in [0.3, 0.4) is 0 Å². The molecule has 2 unspecified atom stereocenters. The Kier molecular flexibility index (Phi) is 6.46. The van der Waals surface area contributed by atoms with Crippen LogP contribution in [0.15, 0.2) is 35.9 Å². The molecule has 3 rings (SSSR count). The average Bonchev–Trinajstić information content (AvgIpc) is 3.48. The molecule has 2 atom stereocenters. The summed E-state index contributed by atoms with van der Waals surface area (Å²) in [5.74, 6) is -0.250. The van der Waals surface area contributed by atoms with Gasteiger partial charge in [0.05, 0.1) is 6.04 Å². The van der Waals surface area contributed by atoms with Crippen LogP contribution >= 0.6 is 11.8 Å². The quantitative estimate of drug-likeness (QED) is 0.546. The number of halogens is 1. The van der Waals surface area contributed by atoms with Crippen LogP contribution < -0.4 is 0 Å². The van der Waals surface area contributed by atoms with Crippen LogP contribution in [0.1, 0.15) is 37.8 Å². The predicted octanol–water partition coefficient (Wildman–Crippen LogP) is 4.05. The zero-order valence-electron chi connectivity index (χ0n) is 15.4. The van der Waals surface area contributed by atoms with Gasteiger partial charge in [0.15, 0.2) is 10.9 Å². The molecule has 6 heteroatoms. The Morgan fingerprint density at radius 3 is 2.74 bits per heavy atom. The van der Waals surface area contributed by atoms with E-state index in [0.29, 0.717) is 25.1 Å². The normalized spacial score (nSPS) is 23.0. The fourth-order valence-electron chi connectivity index (χ4n) is 3.62. The van der Waals surface area contributed by atoms with Gasteiger partial charge in [0.2, 0.25) is 6.54 Å². The van der Waals surface area contributed by atoms with Gasteiger partial charge in [0, 0.05) is 36.7 Å². The summed E-state index contributed by atoms with van der Waals surface area (Å²) in [6.07, 6.45) is 4.32. The fraction of sp³-hybridized carbons (Fsp3) is 0.476. The molecule has 1 aliphatic heterocycles. The van der Waals surface area contributed by atoms with Crippen LogP contribution in [-0.2, 0) is 9.59 Å². The number of piperidine rings is 1. The van der Waals surface area contributed by atoms with Gasteiger partial charge in [-0.2, -0.15) is 0 Å². The molecule has 1 aromatic rings. The molecule has 4 nitrogen and oxygen atoms in total. The third-order valence-corrected chi connectivity index (χ3v) is 6.20. The maximum Gasteiger partial charge on any atom is 0.233 e. The molecule has 0 radical (unpaired) electrons. The summed E-state index contributed by atoms with van der Waals surface area (Å²) in [6.45, 7) is 9.95. The maximum atomic E-state index is 14.5. The van der Waals surface area contributed by atoms with E-state index in [0.717, 1.165) is 18.4 Å². The molecular weight excluding hydrogens is 363 g/mol. The number of carbonyl (C=O) groups excluding carboxylic acids is 2. The van der Waals surface area contributed by atoms with E-state index in [-0.39, 0.29) is 34.4 Å². The van der Waals surface area contributed by atoms with E-state index in [1.54, 1.807) is 25.1 Å². The number of Topliss-reactive ketones (excluding diaryl/α,β-unsaturated/α-hetero) is 1. The highest BCUT2D eigenvalue weighted by atomic mass is 32.2. The maximum absolute atomic E-state index is 14.5. The molecule has 0 N–H and O–H groups in total. The highest BCUT2D eigenvalue weighted by molar-refractivity contribution is 8.14. The molecule has 0 amide bonds. The van der Waals surface area contributed by atoms with Crippen LogP contribution in [0, 0.1) is 18.3 Å². The summed E-state index contributed by atoms with van der Waals surface area (Å²) in [6, 6.07) is 5.89. The first-order valence-corrected chi connectivity index (χ1v) is 10.1. The van der Waals surface area contributed by atoms with Crippen molar-refractivity contribution in [1.82, 2.24) is 4.90 Å². The Bertz CT molecular complexity index is 798. The summed E-state index contributed by atoms with van der Waals surface area (Å²) in [4.78, 5) is 30.0. The van der Waals surface area contributed by atoms with Crippen molar-refractivity contribution in [2.24, 2.45) is 5.92 Å². The number of rotatable bonds is 6. The van der Waals surface area contributed by atoms with Crippen molar-refractivity contribution in [1.29, 1.82) is 0 Å². The first-order chi connectivity index (χ1) is 13.0. The van der Waals surface area contributed by atoms with Gasteiger partial charge in [-0.1, -0.05) is 30.0 Å². The highest BCUT2D eigenvalue weighted by Gasteiger charge is 2.41. The lowest BCUT2D eigenvalue weighted by Gasteiger charge is -2.38. The number of benzene rings is 1. The number of ketones is 1. The molecule has 0 spiro atoms. The monoisotopic (exact) mass is 386 g/mol. The lowest BCUT2D eigenvalue weighted by Crippen LogP contribution is -2.43. The van der Waals surface area contributed by atoms with E-state index in [4.69, 9.17) is 6.57 Å². The molecule has 1 heterocycles. The lowest BCUT2D eigenvalue weighted by atomic mass is 9.93. The van der Waals surface area contributed by atoms with Crippen LogP contribution in [0.2, 0.25) is 0 Å². The van der Waals surface area contributed by atoms with Crippen molar-refractivity contribution < 1.29 is 14.0 Å². The van der Waals surface area contributed by atoms with Gasteiger partial charge in [0.25, 0.3) is 0 Å². The minimum Gasteiger partial charge on any atom is -0.312 e. The predicted molar refractivity (Wildman–Crippen MR) is 105 cm³/mol. The van der Waals surface area contributed by atoms with E-state index >= 15 is 0 Å². The number of nitrogens with zero attached hydrogens (tertiary/aromatic N) is 2. The van der Waals surface area contributed by atoms with Gasteiger partial charge in [-0.25, -0.2) is 11.0 Å². The third kappa shape index (κ3) is 4.85. The van der Waals surface area contributed by atoms with Crippen LogP contribution in [0.4, 0.5) is 4.39 Å². The van der Waals surface area contributed by atoms with Gasteiger partial charge in [-0.15, -0.1) is 0 Å². The molecule has 0 aromatic heterocycles. The molecule has 2 aliphatic rings. The Morgan fingerprint density at radius 2 is 2.11 bits per heavy atom. The topological polar surface area (TPSA) is 41.7 Å². The second kappa shape index (κ2) is 8.81. The summed E-state index contributed by atoms with van der Waals surface area (Å²) in [7, 11) is 0. The van der Waals surface area contributed by atoms with Crippen molar-refractivity contribution in [3.63, 3.8) is 0 Å². The Hall–Kier alpha value is -1.97. The van der Waals surface area contributed by atoms with Gasteiger partial charge in [-0.3, -0.25) is 14.5 Å². The molecule has 0 bridgehead atoms. The Balaban J connectivity index is 1.89. The third-order valence-electron chi connectivity index (χ3n) is 5.04. The molecule has 1 aromatic carbocycles. The Morgan fingerprint density at radius 1 is 1.37 bits per heavy atom. The standard InChI is InChI=1S/C21H23FN2O2S/c1-14(25)27-19-10-12-24(13-16(19)9-11-23-2)20(21(26)15-7-8-15)17-5-3-4-6-18(17)22/h3-6,9,15,19-20H,7-8,10-13H2,1H3/b16-9+. The first kappa shape index (κ1) is 19.8. The van der Waals surface area contributed by atoms with E-state index in [1.165, 1.54) is 17.8 Å². The number of thioether (sulfide) groups is 1. The zero-order valence-corrected chi connectivity index (χ0v) is 16.2. The summed E-state index contributed by atoms with van der Waals surface area (Å²) in [5, 5.41) is 0.0691. The number of likely N-dealkylation sites (tertiary alicyclic amines) is 1. The van der Waals surface area contributed by atoms with Crippen LogP contribution in [0.25, 0.3) is 4.85 Å². The summed E-state index contributed by atoms with van der Waals surface area (Å²) in [5.41, 5.74) is 1.42. The van der Waals surface area contributed by atoms with E-state index < -0.39 is 6.04 Å². The van der Waals surface area contributed by atoms with Crippen LogP contribution in [-0.4, -0.2) is 40.7 Å². The first-order valence-electron chi connectivity index (χ1n) is 9.22. The minimum atomic E-state index is -0.599. The molecule has 1 aliphatic carbocycles. The largest absolute Gasteiger partial charge is 0.312 e. The number of hydrogen-bond acceptors (Lipinski definition) is 4. The van der Waals surface area contributed by atoms with E-state index in [2.05, 4.69) is 4.85 Å². The second-order valence-electron chi connectivity index (χ2n) is 7.08. The number of hydrogen-bond donors (Lipinski definition) is 0. The second-order valence-corrected chi connectivity index (χ2v) is 8.46. The lowest BCUT2D eigenvalue weighted by molar-refractivity contribution is -0.126. The SMILES string of the molecule is [C-]#[N+]C/C=C1\CN(C(C(=O)C2CC2)c2ccccc2F)CCC1SC(C)=O. The number of carbonyl (C=O) groups is 2. The molecular formula is C21H23FN2O2S. The van der Waals surface area contributed by atoms with Crippen LogP contribution in [0.5, 0.6) is 0 Å². The summed E-state index contributed by atoms with van der Waals surface area (Å²) < 4.78 is 14.5. The fourth-order valence-corrected chi connectivity index (χ4v) is 4.56. The van der Waals surface area contributed by atoms with Crippen molar-refractivity contribution in [3.05, 3.63) is 58.7 Å². The molecule has 1 saturated heterocycles. The zero-order chi connectivity index (χ0) is 19.4. The molecule has 1 saturated carbocycles. The molecule has 142 valence electrons. The van der Waals surface area contributed by atoms with Crippen molar-refractivity contribution in [2.45, 2.75) is 37.5 Å². The van der Waals surface area contributed by atoms with Crippen molar-refractivity contribution >= 4 is 22.7 Å². The average molecular weight is 386 g/mol. The van der Waals surface area contributed by atoms with E-state index in [9.17, 15) is 14.0 Å². The Labute approximate surface area is 163 Å². The summed E-state index contributed by atoms with van der Waals surface area (Å²) >= 11 is 1.28. The smallest absolute Gasteiger partial charge is 0.233 e. The van der Waals surface area contributed by atoms with Crippen molar-refractivity contribution in [3.8, 4) is 0 Å². The highest BCUT2D eigenvalue weighted by Crippen LogP contribution is 2.40. The van der Waals surface area contributed by atoms with Gasteiger partial charge < -0.3 is 4.85 Å². The molecule has 2 fully saturated rings.